The summed E-state index contributed by atoms with van der Waals surface area (Å²) in [6.07, 6.45) is 0.312. The molecule has 1 aliphatic heterocycles. The largest absolute Gasteiger partial charge is 0.417 e. The summed E-state index contributed by atoms with van der Waals surface area (Å²) in [4.78, 5) is 0. The normalized spacial score (nSPS) is 20.5. The Labute approximate surface area is 158 Å². The lowest BCUT2D eigenvalue weighted by Crippen LogP contribution is -2.29. The van der Waals surface area contributed by atoms with Crippen molar-refractivity contribution in [2.45, 2.75) is 18.6 Å². The Morgan fingerprint density at radius 1 is 1.21 bits per heavy atom. The van der Waals surface area contributed by atoms with Gasteiger partial charge in [-0.15, -0.1) is 0 Å². The van der Waals surface area contributed by atoms with E-state index in [0.29, 0.717) is 17.9 Å². The number of benzene rings is 2. The maximum absolute atomic E-state index is 14.0. The summed E-state index contributed by atoms with van der Waals surface area (Å²) in [5, 5.41) is 17.4. The molecule has 0 amide bonds. The monoisotopic (exact) mass is 380 g/mol. The van der Waals surface area contributed by atoms with Gasteiger partial charge in [-0.25, -0.2) is 4.68 Å². The maximum atomic E-state index is 14.0. The van der Waals surface area contributed by atoms with Crippen LogP contribution < -0.4 is 5.32 Å². The Morgan fingerprint density at radius 3 is 2.71 bits per heavy atom. The Hall–Kier alpha value is -3.27. The van der Waals surface area contributed by atoms with Crippen molar-refractivity contribution in [3.05, 3.63) is 59.7 Å². The highest BCUT2D eigenvalue weighted by molar-refractivity contribution is 6.01. The van der Waals surface area contributed by atoms with Crippen molar-refractivity contribution < 1.29 is 13.2 Å². The van der Waals surface area contributed by atoms with E-state index in [0.717, 1.165) is 12.5 Å². The molecule has 7 heteroatoms. The van der Waals surface area contributed by atoms with Gasteiger partial charge in [0.2, 0.25) is 0 Å². The first kappa shape index (κ1) is 16.9. The number of fused-ring (bicyclic) bond motifs is 5. The molecule has 0 saturated carbocycles. The molecule has 4 nitrogen and oxygen atoms in total. The molecule has 0 saturated heterocycles. The number of alkyl halides is 3. The fourth-order valence-electron chi connectivity index (χ4n) is 4.25. The highest BCUT2D eigenvalue weighted by atomic mass is 19.4. The molecule has 0 fully saturated rings. The van der Waals surface area contributed by atoms with Crippen LogP contribution >= 0.6 is 0 Å². The second-order valence-electron chi connectivity index (χ2n) is 7.13. The summed E-state index contributed by atoms with van der Waals surface area (Å²) >= 11 is 0. The molecule has 28 heavy (non-hydrogen) atoms. The van der Waals surface area contributed by atoms with Gasteiger partial charge in [0.25, 0.3) is 0 Å². The second kappa shape index (κ2) is 5.86. The van der Waals surface area contributed by atoms with Crippen molar-refractivity contribution in [2.75, 3.05) is 11.9 Å². The number of halogens is 3. The molecule has 1 aromatic heterocycles. The standard InChI is InChI=1S/C21H15F3N4/c22-21(23,24)16-9-14(12-5-2-1-3-6-12)15(10-25)19-18(16)20-26-11-13-7-4-8-17(13)28(20)27-19/h1-6,8-9,13,17,26H,7,11H2/t13-,17-/m0/s1. The fraction of sp³-hybridized carbons (Fsp3) is 0.238. The van der Waals surface area contributed by atoms with Crippen LogP contribution in [0.1, 0.15) is 23.6 Å². The molecular weight excluding hydrogens is 365 g/mol. The quantitative estimate of drug-likeness (QED) is 0.595. The van der Waals surface area contributed by atoms with E-state index in [4.69, 9.17) is 0 Å². The predicted octanol–water partition coefficient (Wildman–Crippen LogP) is 5.14. The molecule has 2 heterocycles. The highest BCUT2D eigenvalue weighted by Crippen LogP contribution is 2.46. The third kappa shape index (κ3) is 2.34. The van der Waals surface area contributed by atoms with Crippen LogP contribution in [0.25, 0.3) is 22.0 Å². The minimum atomic E-state index is -4.57. The van der Waals surface area contributed by atoms with Gasteiger partial charge in [-0.3, -0.25) is 0 Å². The molecule has 140 valence electrons. The average Bonchev–Trinajstić information content (AvgIpc) is 3.30. The van der Waals surface area contributed by atoms with E-state index >= 15 is 0 Å². The third-order valence-electron chi connectivity index (χ3n) is 5.55. The topological polar surface area (TPSA) is 53.6 Å². The summed E-state index contributed by atoms with van der Waals surface area (Å²) in [5.74, 6) is 0.599. The van der Waals surface area contributed by atoms with Gasteiger partial charge >= 0.3 is 6.18 Å². The number of nitrogens with one attached hydrogen (secondary N) is 1. The number of hydrogen-bond acceptors (Lipinski definition) is 3. The maximum Gasteiger partial charge on any atom is 0.417 e. The lowest BCUT2D eigenvalue weighted by Gasteiger charge is -2.28. The van der Waals surface area contributed by atoms with Gasteiger partial charge in [0, 0.05) is 18.0 Å². The minimum Gasteiger partial charge on any atom is -0.369 e. The van der Waals surface area contributed by atoms with Crippen LogP contribution in [0.2, 0.25) is 0 Å². The molecule has 3 aromatic rings. The molecule has 1 N–H and O–H groups in total. The number of nitriles is 1. The van der Waals surface area contributed by atoms with E-state index in [1.54, 1.807) is 35.0 Å². The van der Waals surface area contributed by atoms with Gasteiger partial charge in [0.15, 0.2) is 0 Å². The van der Waals surface area contributed by atoms with E-state index in [1.807, 2.05) is 12.2 Å². The zero-order valence-electron chi connectivity index (χ0n) is 14.7. The summed E-state index contributed by atoms with van der Waals surface area (Å²) in [7, 11) is 0. The zero-order chi connectivity index (χ0) is 19.5. The summed E-state index contributed by atoms with van der Waals surface area (Å²) in [6, 6.07) is 11.7. The van der Waals surface area contributed by atoms with E-state index in [9.17, 15) is 18.4 Å². The summed E-state index contributed by atoms with van der Waals surface area (Å²) < 4.78 is 43.6. The van der Waals surface area contributed by atoms with Gasteiger partial charge < -0.3 is 5.32 Å². The van der Waals surface area contributed by atoms with Crippen LogP contribution in [-0.4, -0.2) is 16.3 Å². The number of rotatable bonds is 1. The van der Waals surface area contributed by atoms with Crippen molar-refractivity contribution in [1.82, 2.24) is 9.78 Å². The number of allylic oxidation sites excluding steroid dienone is 2. The third-order valence-corrected chi connectivity index (χ3v) is 5.55. The molecule has 2 aromatic carbocycles. The van der Waals surface area contributed by atoms with Crippen LogP contribution in [0.3, 0.4) is 0 Å². The van der Waals surface area contributed by atoms with Gasteiger partial charge in [0.1, 0.15) is 17.4 Å². The molecular formula is C21H15F3N4. The van der Waals surface area contributed by atoms with Crippen molar-refractivity contribution in [1.29, 1.82) is 5.26 Å². The van der Waals surface area contributed by atoms with E-state index in [2.05, 4.69) is 16.5 Å². The molecule has 5 rings (SSSR count). The number of aromatic nitrogens is 2. The fourth-order valence-corrected chi connectivity index (χ4v) is 4.25. The minimum absolute atomic E-state index is 0.0255. The smallest absolute Gasteiger partial charge is 0.369 e. The number of nitrogens with zero attached hydrogens (tertiary/aromatic N) is 3. The lowest BCUT2D eigenvalue weighted by atomic mass is 9.93. The van der Waals surface area contributed by atoms with Gasteiger partial charge in [-0.2, -0.15) is 23.5 Å². The van der Waals surface area contributed by atoms with Crippen molar-refractivity contribution in [2.24, 2.45) is 5.92 Å². The second-order valence-corrected chi connectivity index (χ2v) is 7.13. The number of anilines is 1. The van der Waals surface area contributed by atoms with E-state index in [-0.39, 0.29) is 34.0 Å². The molecule has 0 bridgehead atoms. The Kier molecular flexibility index (Phi) is 3.53. The SMILES string of the molecule is N#Cc1c(-c2ccccc2)cc(C(F)(F)F)c2c3n(nc12)[C@H]1C=CC[C@H]1CN3. The van der Waals surface area contributed by atoms with Gasteiger partial charge in [-0.05, 0) is 18.1 Å². The first-order chi connectivity index (χ1) is 13.5. The van der Waals surface area contributed by atoms with Crippen LogP contribution in [-0.2, 0) is 6.18 Å². The van der Waals surface area contributed by atoms with Crippen LogP contribution in [0.4, 0.5) is 19.0 Å². The molecule has 2 atom stereocenters. The Bertz CT molecular complexity index is 1150. The number of hydrogen-bond donors (Lipinski definition) is 1. The van der Waals surface area contributed by atoms with Crippen molar-refractivity contribution >= 4 is 16.7 Å². The van der Waals surface area contributed by atoms with Gasteiger partial charge in [-0.1, -0.05) is 42.5 Å². The molecule has 2 aliphatic rings. The van der Waals surface area contributed by atoms with E-state index < -0.39 is 11.7 Å². The summed E-state index contributed by atoms with van der Waals surface area (Å²) in [6.45, 7) is 0.581. The highest BCUT2D eigenvalue weighted by Gasteiger charge is 2.40. The van der Waals surface area contributed by atoms with Crippen LogP contribution in [0, 0.1) is 17.2 Å². The Morgan fingerprint density at radius 2 is 2.00 bits per heavy atom. The predicted molar refractivity (Wildman–Crippen MR) is 99.7 cm³/mol. The Balaban J connectivity index is 1.88. The first-order valence-electron chi connectivity index (χ1n) is 9.01. The van der Waals surface area contributed by atoms with Crippen LogP contribution in [0.5, 0.6) is 0 Å². The molecule has 1 aliphatic carbocycles. The van der Waals surface area contributed by atoms with E-state index in [1.165, 1.54) is 0 Å². The molecule has 0 spiro atoms. The van der Waals surface area contributed by atoms with Crippen molar-refractivity contribution in [3.63, 3.8) is 0 Å². The van der Waals surface area contributed by atoms with Crippen molar-refractivity contribution in [3.8, 4) is 17.2 Å². The first-order valence-corrected chi connectivity index (χ1v) is 9.01. The molecule has 0 unspecified atom stereocenters. The summed E-state index contributed by atoms with van der Waals surface area (Å²) in [5.41, 5.74) is 0.298. The van der Waals surface area contributed by atoms with Gasteiger partial charge in [0.05, 0.1) is 22.6 Å². The average molecular weight is 380 g/mol. The lowest BCUT2D eigenvalue weighted by molar-refractivity contribution is -0.136. The molecule has 0 radical (unpaired) electrons. The van der Waals surface area contributed by atoms with Crippen LogP contribution in [0.15, 0.2) is 48.6 Å². The zero-order valence-corrected chi connectivity index (χ0v) is 14.7.